The van der Waals surface area contributed by atoms with Crippen molar-refractivity contribution in [3.63, 3.8) is 0 Å². The van der Waals surface area contributed by atoms with Crippen molar-refractivity contribution in [3.05, 3.63) is 102 Å². The monoisotopic (exact) mass is 550 g/mol. The van der Waals surface area contributed by atoms with Gasteiger partial charge in [-0.2, -0.15) is 0 Å². The van der Waals surface area contributed by atoms with Crippen LogP contribution in [0.5, 0.6) is 5.75 Å². The number of hydrogen-bond acceptors (Lipinski definition) is 6. The van der Waals surface area contributed by atoms with Crippen molar-refractivity contribution < 1.29 is 19.1 Å². The Balaban J connectivity index is 1.50. The molecular formula is C31H30N6O4. The topological polar surface area (TPSA) is 94.7 Å². The number of ether oxygens (including phenoxy) is 2. The van der Waals surface area contributed by atoms with Gasteiger partial charge in [0.1, 0.15) is 19.1 Å². The maximum absolute atomic E-state index is 14.5. The van der Waals surface area contributed by atoms with E-state index in [1.54, 1.807) is 43.4 Å². The fourth-order valence-corrected chi connectivity index (χ4v) is 5.38. The van der Waals surface area contributed by atoms with Crippen molar-refractivity contribution in [2.45, 2.75) is 33.2 Å². The van der Waals surface area contributed by atoms with E-state index in [4.69, 9.17) is 9.47 Å². The van der Waals surface area contributed by atoms with Crippen molar-refractivity contribution >= 4 is 34.1 Å². The third kappa shape index (κ3) is 4.67. The second kappa shape index (κ2) is 10.8. The number of carbonyl (C=O) groups is 2. The third-order valence-corrected chi connectivity index (χ3v) is 7.44. The molecule has 1 aliphatic rings. The maximum Gasteiger partial charge on any atom is 0.338 e. The molecule has 5 aromatic rings. The number of imidazole rings is 2. The van der Waals surface area contributed by atoms with Crippen molar-refractivity contribution in [1.29, 1.82) is 0 Å². The molecule has 0 saturated carbocycles. The number of allylic oxidation sites excluding steroid dienone is 1. The number of methoxy groups -OCH3 is 1. The average Bonchev–Trinajstić information content (AvgIpc) is 3.60. The van der Waals surface area contributed by atoms with Gasteiger partial charge in [-0.05, 0) is 55.8 Å². The lowest BCUT2D eigenvalue weighted by atomic mass is 9.93. The van der Waals surface area contributed by atoms with Crippen LogP contribution in [0.1, 0.15) is 25.5 Å². The molecular weight excluding hydrogens is 520 g/mol. The number of esters is 1. The Morgan fingerprint density at radius 3 is 2.02 bits per heavy atom. The smallest absolute Gasteiger partial charge is 0.338 e. The Hall–Kier alpha value is -5.12. The number of benzene rings is 3. The lowest BCUT2D eigenvalue weighted by Gasteiger charge is -2.43. The Morgan fingerprint density at radius 2 is 1.44 bits per heavy atom. The van der Waals surface area contributed by atoms with Gasteiger partial charge in [-0.3, -0.25) is 9.80 Å². The van der Waals surface area contributed by atoms with E-state index in [0.717, 1.165) is 27.6 Å². The van der Waals surface area contributed by atoms with E-state index in [9.17, 15) is 9.59 Å². The number of carbonyl (C=O) groups excluding carboxylic acids is 2. The SMILES string of the molecule is CCOC(=O)C1=C(C)N(Cn2cnc3ccccc32)C(=O)N(Cn2cnc3ccccc32)C1c1ccc(OC)cc1. The molecule has 0 aliphatic carbocycles. The summed E-state index contributed by atoms with van der Waals surface area (Å²) in [6.07, 6.45) is 3.42. The van der Waals surface area contributed by atoms with E-state index < -0.39 is 12.0 Å². The highest BCUT2D eigenvalue weighted by molar-refractivity contribution is 5.95. The number of para-hydroxylation sites is 4. The zero-order chi connectivity index (χ0) is 28.5. The first-order valence-corrected chi connectivity index (χ1v) is 13.4. The second-order valence-electron chi connectivity index (χ2n) is 9.76. The molecule has 0 saturated heterocycles. The van der Waals surface area contributed by atoms with E-state index in [2.05, 4.69) is 9.97 Å². The molecule has 2 aromatic heterocycles. The van der Waals surface area contributed by atoms with Crippen molar-refractivity contribution in [2.24, 2.45) is 0 Å². The van der Waals surface area contributed by atoms with Crippen LogP contribution in [0.3, 0.4) is 0 Å². The van der Waals surface area contributed by atoms with Gasteiger partial charge in [0.2, 0.25) is 0 Å². The van der Waals surface area contributed by atoms with Gasteiger partial charge in [0.15, 0.2) is 0 Å². The molecule has 1 unspecified atom stereocenters. The summed E-state index contributed by atoms with van der Waals surface area (Å²) >= 11 is 0. The first-order chi connectivity index (χ1) is 20.0. The zero-order valence-electron chi connectivity index (χ0n) is 23.1. The minimum absolute atomic E-state index is 0.160. The van der Waals surface area contributed by atoms with Crippen LogP contribution in [0, 0.1) is 0 Å². The number of fused-ring (bicyclic) bond motifs is 2. The van der Waals surface area contributed by atoms with Crippen molar-refractivity contribution in [2.75, 3.05) is 13.7 Å². The summed E-state index contributed by atoms with van der Waals surface area (Å²) in [6, 6.07) is 21.9. The Bertz CT molecular complexity index is 1770. The molecule has 2 amide bonds. The first kappa shape index (κ1) is 26.1. The largest absolute Gasteiger partial charge is 0.497 e. The third-order valence-electron chi connectivity index (χ3n) is 7.44. The van der Waals surface area contributed by atoms with Gasteiger partial charge >= 0.3 is 12.0 Å². The van der Waals surface area contributed by atoms with Crippen LogP contribution in [-0.2, 0) is 22.9 Å². The molecule has 0 spiro atoms. The van der Waals surface area contributed by atoms with Crippen LogP contribution in [0.4, 0.5) is 4.79 Å². The molecule has 0 N–H and O–H groups in total. The standard InChI is InChI=1S/C31H30N6O4/c1-4-41-30(38)28-21(2)36(19-34-17-32-24-9-5-7-11-26(24)34)31(39)37(29(28)22-13-15-23(40-3)16-14-22)20-35-18-33-25-10-6-8-12-27(25)35/h5-18,29H,4,19-20H2,1-3H3. The molecule has 1 aliphatic heterocycles. The van der Waals surface area contributed by atoms with E-state index in [1.165, 1.54) is 0 Å². The first-order valence-electron chi connectivity index (χ1n) is 13.4. The van der Waals surface area contributed by atoms with Gasteiger partial charge in [0.05, 0.1) is 60.1 Å². The fraction of sp³-hybridized carbons (Fsp3) is 0.226. The number of amides is 2. The number of rotatable bonds is 8. The van der Waals surface area contributed by atoms with Crippen LogP contribution >= 0.6 is 0 Å². The molecule has 10 heteroatoms. The molecule has 3 heterocycles. The highest BCUT2D eigenvalue weighted by Crippen LogP contribution is 2.39. The highest BCUT2D eigenvalue weighted by atomic mass is 16.5. The van der Waals surface area contributed by atoms with Gasteiger partial charge in [0, 0.05) is 5.70 Å². The summed E-state index contributed by atoms with van der Waals surface area (Å²) in [5.41, 5.74) is 5.09. The molecule has 0 fully saturated rings. The van der Waals surface area contributed by atoms with Crippen LogP contribution in [0.15, 0.2) is 96.7 Å². The Labute approximate surface area is 237 Å². The summed E-state index contributed by atoms with van der Waals surface area (Å²) in [5, 5.41) is 0. The summed E-state index contributed by atoms with van der Waals surface area (Å²) in [6.45, 7) is 4.11. The highest BCUT2D eigenvalue weighted by Gasteiger charge is 2.43. The average molecular weight is 551 g/mol. The van der Waals surface area contributed by atoms with Gasteiger partial charge in [-0.25, -0.2) is 19.6 Å². The van der Waals surface area contributed by atoms with Crippen LogP contribution in [0.25, 0.3) is 22.1 Å². The predicted octanol–water partition coefficient (Wildman–Crippen LogP) is 5.33. The van der Waals surface area contributed by atoms with E-state index in [1.807, 2.05) is 81.9 Å². The van der Waals surface area contributed by atoms with Gasteiger partial charge in [0.25, 0.3) is 0 Å². The molecule has 0 bridgehead atoms. The van der Waals surface area contributed by atoms with Gasteiger partial charge in [-0.1, -0.05) is 36.4 Å². The molecule has 10 nitrogen and oxygen atoms in total. The zero-order valence-corrected chi connectivity index (χ0v) is 23.1. The van der Waals surface area contributed by atoms with Crippen molar-refractivity contribution in [3.8, 4) is 5.75 Å². The van der Waals surface area contributed by atoms with E-state index in [-0.39, 0.29) is 26.0 Å². The van der Waals surface area contributed by atoms with E-state index in [0.29, 0.717) is 17.0 Å². The summed E-state index contributed by atoms with van der Waals surface area (Å²) < 4.78 is 14.8. The van der Waals surface area contributed by atoms with Gasteiger partial charge < -0.3 is 18.6 Å². The molecule has 208 valence electrons. The minimum atomic E-state index is -0.704. The Kier molecular flexibility index (Phi) is 6.88. The number of nitrogens with zero attached hydrogens (tertiary/aromatic N) is 6. The molecule has 41 heavy (non-hydrogen) atoms. The number of aromatic nitrogens is 4. The number of urea groups is 1. The summed E-state index contributed by atoms with van der Waals surface area (Å²) in [4.78, 5) is 40.4. The molecule has 6 rings (SSSR count). The normalized spacial score (nSPS) is 15.7. The minimum Gasteiger partial charge on any atom is -0.497 e. The van der Waals surface area contributed by atoms with Crippen LogP contribution in [-0.4, -0.2) is 54.6 Å². The molecule has 3 aromatic carbocycles. The molecule has 1 atom stereocenters. The van der Waals surface area contributed by atoms with Crippen molar-refractivity contribution in [1.82, 2.24) is 28.9 Å². The predicted molar refractivity (Wildman–Crippen MR) is 154 cm³/mol. The van der Waals surface area contributed by atoms with Crippen LogP contribution in [0.2, 0.25) is 0 Å². The Morgan fingerprint density at radius 1 is 0.854 bits per heavy atom. The summed E-state index contributed by atoms with van der Waals surface area (Å²) in [5.74, 6) is 0.203. The lowest BCUT2D eigenvalue weighted by Crippen LogP contribution is -2.51. The van der Waals surface area contributed by atoms with Gasteiger partial charge in [-0.15, -0.1) is 0 Å². The second-order valence-corrected chi connectivity index (χ2v) is 9.76. The van der Waals surface area contributed by atoms with Crippen LogP contribution < -0.4 is 4.74 Å². The lowest BCUT2D eigenvalue weighted by molar-refractivity contribution is -0.139. The molecule has 0 radical (unpaired) electrons. The fourth-order valence-electron chi connectivity index (χ4n) is 5.38. The number of hydrogen-bond donors (Lipinski definition) is 0. The summed E-state index contributed by atoms with van der Waals surface area (Å²) in [7, 11) is 1.60. The quantitative estimate of drug-likeness (QED) is 0.243. The van der Waals surface area contributed by atoms with E-state index >= 15 is 0 Å². The maximum atomic E-state index is 14.5.